The highest BCUT2D eigenvalue weighted by Gasteiger charge is 2.19. The molecule has 3 rings (SSSR count). The zero-order chi connectivity index (χ0) is 22.9. The molecule has 0 radical (unpaired) electrons. The van der Waals surface area contributed by atoms with Crippen molar-refractivity contribution in [1.29, 1.82) is 0 Å². The minimum atomic E-state index is -0.199. The van der Waals surface area contributed by atoms with Crippen LogP contribution in [-0.4, -0.2) is 27.9 Å². The molecule has 1 amide bonds. The largest absolute Gasteiger partial charge is 0.457 e. The van der Waals surface area contributed by atoms with Crippen molar-refractivity contribution >= 4 is 5.91 Å². The molecule has 2 unspecified atom stereocenters. The van der Waals surface area contributed by atoms with Crippen molar-refractivity contribution < 1.29 is 13.9 Å². The van der Waals surface area contributed by atoms with Crippen LogP contribution >= 0.6 is 0 Å². The Hall–Kier alpha value is -3.12. The van der Waals surface area contributed by atoms with Crippen molar-refractivity contribution in [3.63, 3.8) is 0 Å². The van der Waals surface area contributed by atoms with E-state index in [1.807, 2.05) is 56.3 Å². The normalized spacial score (nSPS) is 13.0. The van der Waals surface area contributed by atoms with E-state index in [-0.39, 0.29) is 11.9 Å². The molecule has 0 saturated heterocycles. The fraction of sp³-hybridized carbons (Fsp3) is 0.385. The number of benzene rings is 2. The molecule has 1 heterocycles. The molecule has 0 aliphatic heterocycles. The second kappa shape index (κ2) is 11.5. The van der Waals surface area contributed by atoms with Gasteiger partial charge in [-0.2, -0.15) is 0 Å². The maximum absolute atomic E-state index is 12.3. The minimum Gasteiger partial charge on any atom is -0.457 e. The van der Waals surface area contributed by atoms with E-state index in [1.54, 1.807) is 0 Å². The van der Waals surface area contributed by atoms with Crippen LogP contribution in [0.3, 0.4) is 0 Å². The van der Waals surface area contributed by atoms with Crippen molar-refractivity contribution in [2.75, 3.05) is 0 Å². The highest BCUT2D eigenvalue weighted by molar-refractivity contribution is 5.92. The number of nitrogens with zero attached hydrogens (tertiary/aromatic N) is 2. The lowest BCUT2D eigenvalue weighted by Crippen LogP contribution is -2.33. The zero-order valence-corrected chi connectivity index (χ0v) is 19.4. The van der Waals surface area contributed by atoms with E-state index in [9.17, 15) is 4.79 Å². The van der Waals surface area contributed by atoms with Gasteiger partial charge < -0.3 is 14.5 Å². The maximum Gasteiger partial charge on any atom is 0.273 e. The van der Waals surface area contributed by atoms with Crippen molar-refractivity contribution in [3.8, 4) is 11.5 Å². The summed E-state index contributed by atoms with van der Waals surface area (Å²) in [5, 5.41) is 2.92. The van der Waals surface area contributed by atoms with Gasteiger partial charge in [0, 0.05) is 18.6 Å². The fourth-order valence-electron chi connectivity index (χ4n) is 3.25. The molecule has 6 heteroatoms. The summed E-state index contributed by atoms with van der Waals surface area (Å²) in [5.74, 6) is 1.95. The summed E-state index contributed by atoms with van der Waals surface area (Å²) in [6.07, 6.45) is 3.30. The van der Waals surface area contributed by atoms with Crippen molar-refractivity contribution in [2.45, 2.75) is 65.7 Å². The molecule has 1 N–H and O–H groups in total. The number of oxazole rings is 1. The maximum atomic E-state index is 12.3. The van der Waals surface area contributed by atoms with E-state index in [0.717, 1.165) is 36.4 Å². The van der Waals surface area contributed by atoms with E-state index in [4.69, 9.17) is 9.15 Å². The van der Waals surface area contributed by atoms with Crippen LogP contribution in [0.1, 0.15) is 62.5 Å². The first-order valence-corrected chi connectivity index (χ1v) is 11.3. The standard InChI is InChI=1S/C26H33N3O3/c1-5-19(3)27-26(30)24-18-31-25(28-24)17-29(20(4)6-2)16-21-11-10-14-23(15-21)32-22-12-8-7-9-13-22/h7-15,18-20H,5-6,16-17H2,1-4H3,(H,27,30). The highest BCUT2D eigenvalue weighted by atomic mass is 16.5. The molecule has 6 nitrogen and oxygen atoms in total. The number of hydrogen-bond donors (Lipinski definition) is 1. The van der Waals surface area contributed by atoms with Gasteiger partial charge >= 0.3 is 0 Å². The Balaban J connectivity index is 1.69. The lowest BCUT2D eigenvalue weighted by atomic mass is 10.1. The lowest BCUT2D eigenvalue weighted by Gasteiger charge is -2.27. The van der Waals surface area contributed by atoms with Gasteiger partial charge in [0.25, 0.3) is 5.91 Å². The molecule has 0 aliphatic rings. The topological polar surface area (TPSA) is 67.6 Å². The molecule has 0 bridgehead atoms. The second-order valence-corrected chi connectivity index (χ2v) is 8.13. The third-order valence-electron chi connectivity index (χ3n) is 5.59. The predicted molar refractivity (Wildman–Crippen MR) is 126 cm³/mol. The Kier molecular flexibility index (Phi) is 8.45. The summed E-state index contributed by atoms with van der Waals surface area (Å²) in [6.45, 7) is 9.59. The van der Waals surface area contributed by atoms with Crippen LogP contribution in [0.4, 0.5) is 0 Å². The number of amides is 1. The first-order chi connectivity index (χ1) is 15.5. The van der Waals surface area contributed by atoms with Gasteiger partial charge in [-0.15, -0.1) is 0 Å². The van der Waals surface area contributed by atoms with E-state index < -0.39 is 0 Å². The monoisotopic (exact) mass is 435 g/mol. The Labute approximate surface area is 190 Å². The molecule has 2 aromatic carbocycles. The third-order valence-corrected chi connectivity index (χ3v) is 5.59. The molecule has 0 aliphatic carbocycles. The smallest absolute Gasteiger partial charge is 0.273 e. The molecular weight excluding hydrogens is 402 g/mol. The Morgan fingerprint density at radius 3 is 2.50 bits per heavy atom. The van der Waals surface area contributed by atoms with Crippen molar-refractivity contribution in [1.82, 2.24) is 15.2 Å². The summed E-state index contributed by atoms with van der Waals surface area (Å²) < 4.78 is 11.6. The van der Waals surface area contributed by atoms with Crippen LogP contribution in [0, 0.1) is 0 Å². The van der Waals surface area contributed by atoms with Gasteiger partial charge in [0.2, 0.25) is 5.89 Å². The number of carbonyl (C=O) groups excluding carboxylic acids is 1. The van der Waals surface area contributed by atoms with Crippen LogP contribution in [-0.2, 0) is 13.1 Å². The van der Waals surface area contributed by atoms with E-state index in [1.165, 1.54) is 6.26 Å². The van der Waals surface area contributed by atoms with Crippen LogP contribution in [0.25, 0.3) is 0 Å². The highest BCUT2D eigenvalue weighted by Crippen LogP contribution is 2.23. The first-order valence-electron chi connectivity index (χ1n) is 11.3. The Morgan fingerprint density at radius 1 is 1.03 bits per heavy atom. The van der Waals surface area contributed by atoms with Gasteiger partial charge in [0.05, 0.1) is 6.54 Å². The van der Waals surface area contributed by atoms with Crippen molar-refractivity contribution in [2.24, 2.45) is 0 Å². The minimum absolute atomic E-state index is 0.102. The number of aromatic nitrogens is 1. The van der Waals surface area contributed by atoms with Crippen LogP contribution in [0.15, 0.2) is 65.3 Å². The van der Waals surface area contributed by atoms with E-state index in [2.05, 4.69) is 41.2 Å². The second-order valence-electron chi connectivity index (χ2n) is 8.13. The van der Waals surface area contributed by atoms with Gasteiger partial charge in [-0.05, 0) is 56.5 Å². The number of nitrogens with one attached hydrogen (secondary N) is 1. The van der Waals surface area contributed by atoms with Crippen LogP contribution in [0.5, 0.6) is 11.5 Å². The summed E-state index contributed by atoms with van der Waals surface area (Å²) in [6, 6.07) is 18.3. The van der Waals surface area contributed by atoms with Gasteiger partial charge in [-0.25, -0.2) is 4.98 Å². The lowest BCUT2D eigenvalue weighted by molar-refractivity contribution is 0.0934. The number of hydrogen-bond acceptors (Lipinski definition) is 5. The van der Waals surface area contributed by atoms with Gasteiger partial charge in [0.1, 0.15) is 17.8 Å². The van der Waals surface area contributed by atoms with Crippen LogP contribution < -0.4 is 10.1 Å². The van der Waals surface area contributed by atoms with Crippen molar-refractivity contribution in [3.05, 3.63) is 78.0 Å². The molecule has 2 atom stereocenters. The SMILES string of the molecule is CCC(C)NC(=O)c1coc(CN(Cc2cccc(Oc3ccccc3)c2)C(C)CC)n1. The van der Waals surface area contributed by atoms with E-state index in [0.29, 0.717) is 24.2 Å². The number of ether oxygens (including phenoxy) is 1. The number of para-hydroxylation sites is 1. The average Bonchev–Trinajstić information content (AvgIpc) is 3.27. The average molecular weight is 436 g/mol. The molecule has 32 heavy (non-hydrogen) atoms. The predicted octanol–water partition coefficient (Wildman–Crippen LogP) is 5.80. The molecular formula is C26H33N3O3. The molecule has 1 aromatic heterocycles. The van der Waals surface area contributed by atoms with Gasteiger partial charge in [0.15, 0.2) is 5.69 Å². The molecule has 170 valence electrons. The summed E-state index contributed by atoms with van der Waals surface area (Å²) >= 11 is 0. The van der Waals surface area contributed by atoms with Crippen LogP contribution in [0.2, 0.25) is 0 Å². The number of rotatable bonds is 11. The summed E-state index contributed by atoms with van der Waals surface area (Å²) in [5.41, 5.74) is 1.46. The van der Waals surface area contributed by atoms with E-state index >= 15 is 0 Å². The summed E-state index contributed by atoms with van der Waals surface area (Å²) in [4.78, 5) is 19.0. The Morgan fingerprint density at radius 2 is 1.78 bits per heavy atom. The molecule has 0 fully saturated rings. The molecule has 0 spiro atoms. The molecule has 3 aromatic rings. The summed E-state index contributed by atoms with van der Waals surface area (Å²) in [7, 11) is 0. The number of carbonyl (C=O) groups is 1. The quantitative estimate of drug-likeness (QED) is 0.412. The molecule has 0 saturated carbocycles. The van der Waals surface area contributed by atoms with Gasteiger partial charge in [-0.3, -0.25) is 9.69 Å². The Bertz CT molecular complexity index is 987. The van der Waals surface area contributed by atoms with Gasteiger partial charge in [-0.1, -0.05) is 44.2 Å². The first kappa shape index (κ1) is 23.5. The third kappa shape index (κ3) is 6.69. The zero-order valence-electron chi connectivity index (χ0n) is 19.4. The fourth-order valence-corrected chi connectivity index (χ4v) is 3.25.